The lowest BCUT2D eigenvalue weighted by Gasteiger charge is -1.85. The molecule has 8 heavy (non-hydrogen) atoms. The van der Waals surface area contributed by atoms with Crippen molar-refractivity contribution >= 4 is 22.6 Å². The first-order chi connectivity index (χ1) is 3.84. The van der Waals surface area contributed by atoms with Crippen molar-refractivity contribution in [1.29, 1.82) is 0 Å². The lowest BCUT2D eigenvalue weighted by atomic mass is 10.5. The standard InChI is InChI=1S/C4H5IN2O/c5-3-1-6-7-4(3)2-8/h1,8H,2H2,(H,6,7). The minimum absolute atomic E-state index is 0.0400. The van der Waals surface area contributed by atoms with Gasteiger partial charge in [0.05, 0.1) is 22.1 Å². The Bertz CT molecular complexity index is 174. The summed E-state index contributed by atoms with van der Waals surface area (Å²) < 4.78 is 0.977. The van der Waals surface area contributed by atoms with Crippen molar-refractivity contribution in [3.63, 3.8) is 0 Å². The zero-order chi connectivity index (χ0) is 5.98. The molecule has 4 heteroatoms. The first-order valence-electron chi connectivity index (χ1n) is 2.13. The van der Waals surface area contributed by atoms with Crippen LogP contribution in [0, 0.1) is 3.57 Å². The normalized spacial score (nSPS) is 9.75. The summed E-state index contributed by atoms with van der Waals surface area (Å²) in [5.74, 6) is 0. The van der Waals surface area contributed by atoms with Gasteiger partial charge in [-0.3, -0.25) is 5.10 Å². The topological polar surface area (TPSA) is 48.9 Å². The number of aliphatic hydroxyl groups excluding tert-OH is 1. The number of hydrogen-bond acceptors (Lipinski definition) is 2. The lowest BCUT2D eigenvalue weighted by molar-refractivity contribution is 0.276. The van der Waals surface area contributed by atoms with Crippen LogP contribution in [0.5, 0.6) is 0 Å². The second-order valence-corrected chi connectivity index (χ2v) is 2.52. The van der Waals surface area contributed by atoms with Gasteiger partial charge in [-0.1, -0.05) is 0 Å². The molecule has 1 rings (SSSR count). The molecule has 0 atom stereocenters. The van der Waals surface area contributed by atoms with E-state index in [0.29, 0.717) is 0 Å². The number of nitrogens with zero attached hydrogens (tertiary/aromatic N) is 1. The number of aromatic amines is 1. The minimum Gasteiger partial charge on any atom is -0.390 e. The molecule has 0 unspecified atom stereocenters. The number of nitrogens with one attached hydrogen (secondary N) is 1. The molecule has 0 amide bonds. The van der Waals surface area contributed by atoms with Crippen LogP contribution in [0.2, 0.25) is 0 Å². The molecule has 0 radical (unpaired) electrons. The van der Waals surface area contributed by atoms with Crippen LogP contribution in [-0.2, 0) is 6.61 Å². The summed E-state index contributed by atoms with van der Waals surface area (Å²) >= 11 is 2.10. The van der Waals surface area contributed by atoms with Crippen LogP contribution < -0.4 is 0 Å². The van der Waals surface area contributed by atoms with Crippen molar-refractivity contribution in [2.45, 2.75) is 6.61 Å². The highest BCUT2D eigenvalue weighted by molar-refractivity contribution is 14.1. The molecule has 0 saturated heterocycles. The summed E-state index contributed by atoms with van der Waals surface area (Å²) in [6, 6.07) is 0. The van der Waals surface area contributed by atoms with Gasteiger partial charge in [0.2, 0.25) is 0 Å². The summed E-state index contributed by atoms with van der Waals surface area (Å²) in [6.45, 7) is 0.0400. The molecule has 2 N–H and O–H groups in total. The third-order valence-electron chi connectivity index (χ3n) is 0.824. The Morgan fingerprint density at radius 1 is 1.88 bits per heavy atom. The van der Waals surface area contributed by atoms with Gasteiger partial charge in [-0.05, 0) is 22.6 Å². The van der Waals surface area contributed by atoms with Crippen LogP contribution in [0.15, 0.2) is 6.20 Å². The fraction of sp³-hybridized carbons (Fsp3) is 0.250. The van der Waals surface area contributed by atoms with Crippen LogP contribution in [0.3, 0.4) is 0 Å². The smallest absolute Gasteiger partial charge is 0.0858 e. The molecular formula is C4H5IN2O. The van der Waals surface area contributed by atoms with E-state index in [1.165, 1.54) is 0 Å². The molecule has 0 fully saturated rings. The molecular weight excluding hydrogens is 219 g/mol. The molecule has 3 nitrogen and oxygen atoms in total. The minimum atomic E-state index is 0.0400. The van der Waals surface area contributed by atoms with E-state index < -0.39 is 0 Å². The summed E-state index contributed by atoms with van der Waals surface area (Å²) in [4.78, 5) is 0. The number of aliphatic hydroxyl groups is 1. The molecule has 1 heterocycles. The molecule has 1 aromatic heterocycles. The van der Waals surface area contributed by atoms with Crippen LogP contribution in [0.25, 0.3) is 0 Å². The van der Waals surface area contributed by atoms with Gasteiger partial charge in [-0.15, -0.1) is 0 Å². The Kier molecular flexibility index (Phi) is 1.85. The van der Waals surface area contributed by atoms with Gasteiger partial charge in [0, 0.05) is 0 Å². The van der Waals surface area contributed by atoms with Crippen LogP contribution >= 0.6 is 22.6 Å². The third kappa shape index (κ3) is 1.00. The Morgan fingerprint density at radius 2 is 2.62 bits per heavy atom. The van der Waals surface area contributed by atoms with Gasteiger partial charge >= 0.3 is 0 Å². The van der Waals surface area contributed by atoms with E-state index in [9.17, 15) is 0 Å². The maximum Gasteiger partial charge on any atom is 0.0858 e. The van der Waals surface area contributed by atoms with E-state index in [-0.39, 0.29) is 6.61 Å². The molecule has 0 aliphatic carbocycles. The third-order valence-corrected chi connectivity index (χ3v) is 1.75. The zero-order valence-electron chi connectivity index (χ0n) is 4.06. The SMILES string of the molecule is OCc1[nH]ncc1I. The van der Waals surface area contributed by atoms with E-state index in [0.717, 1.165) is 9.26 Å². The van der Waals surface area contributed by atoms with Crippen molar-refractivity contribution in [3.05, 3.63) is 15.5 Å². The Hall–Kier alpha value is -0.100. The second kappa shape index (κ2) is 2.45. The number of rotatable bonds is 1. The molecule has 44 valence electrons. The van der Waals surface area contributed by atoms with Crippen molar-refractivity contribution in [3.8, 4) is 0 Å². The fourth-order valence-corrected chi connectivity index (χ4v) is 0.840. The summed E-state index contributed by atoms with van der Waals surface area (Å²) in [5.41, 5.74) is 0.783. The van der Waals surface area contributed by atoms with Gasteiger partial charge < -0.3 is 5.11 Å². The van der Waals surface area contributed by atoms with Crippen LogP contribution in [-0.4, -0.2) is 15.3 Å². The predicted octanol–water partition coefficient (Wildman–Crippen LogP) is 0.507. The summed E-state index contributed by atoms with van der Waals surface area (Å²) in [7, 11) is 0. The van der Waals surface area contributed by atoms with E-state index in [1.807, 2.05) is 0 Å². The first kappa shape index (κ1) is 6.03. The van der Waals surface area contributed by atoms with Crippen molar-refractivity contribution in [2.24, 2.45) is 0 Å². The molecule has 0 spiro atoms. The maximum atomic E-state index is 8.53. The molecule has 0 saturated carbocycles. The average Bonchev–Trinajstić information content (AvgIpc) is 2.14. The Labute approximate surface area is 60.2 Å². The first-order valence-corrected chi connectivity index (χ1v) is 3.21. The maximum absolute atomic E-state index is 8.53. The summed E-state index contributed by atoms with van der Waals surface area (Å²) in [5, 5.41) is 14.9. The predicted molar refractivity (Wildman–Crippen MR) is 37.2 cm³/mol. The largest absolute Gasteiger partial charge is 0.390 e. The van der Waals surface area contributed by atoms with E-state index in [1.54, 1.807) is 6.20 Å². The van der Waals surface area contributed by atoms with Gasteiger partial charge in [0.25, 0.3) is 0 Å². The number of halogens is 1. The van der Waals surface area contributed by atoms with Gasteiger partial charge in [0.15, 0.2) is 0 Å². The highest BCUT2D eigenvalue weighted by Gasteiger charge is 1.96. The number of H-pyrrole nitrogens is 1. The molecule has 0 aliphatic rings. The van der Waals surface area contributed by atoms with E-state index in [2.05, 4.69) is 32.8 Å². The molecule has 1 aromatic rings. The van der Waals surface area contributed by atoms with Crippen LogP contribution in [0.4, 0.5) is 0 Å². The second-order valence-electron chi connectivity index (χ2n) is 1.35. The van der Waals surface area contributed by atoms with Crippen LogP contribution in [0.1, 0.15) is 5.69 Å². The molecule has 0 aliphatic heterocycles. The quantitative estimate of drug-likeness (QED) is 0.682. The van der Waals surface area contributed by atoms with Gasteiger partial charge in [-0.25, -0.2) is 0 Å². The fourth-order valence-electron chi connectivity index (χ4n) is 0.409. The highest BCUT2D eigenvalue weighted by Crippen LogP contribution is 2.05. The Morgan fingerprint density at radius 3 is 2.88 bits per heavy atom. The Balaban J connectivity index is 2.92. The van der Waals surface area contributed by atoms with E-state index >= 15 is 0 Å². The van der Waals surface area contributed by atoms with Crippen molar-refractivity contribution < 1.29 is 5.11 Å². The number of aromatic nitrogens is 2. The highest BCUT2D eigenvalue weighted by atomic mass is 127. The van der Waals surface area contributed by atoms with E-state index in [4.69, 9.17) is 5.11 Å². The van der Waals surface area contributed by atoms with Gasteiger partial charge in [0.1, 0.15) is 0 Å². The van der Waals surface area contributed by atoms with Crippen molar-refractivity contribution in [1.82, 2.24) is 10.2 Å². The molecule has 0 bridgehead atoms. The number of hydrogen-bond donors (Lipinski definition) is 2. The zero-order valence-corrected chi connectivity index (χ0v) is 6.21. The summed E-state index contributed by atoms with van der Waals surface area (Å²) in [6.07, 6.45) is 1.67. The monoisotopic (exact) mass is 224 g/mol. The molecule has 0 aromatic carbocycles. The van der Waals surface area contributed by atoms with Crippen molar-refractivity contribution in [2.75, 3.05) is 0 Å². The van der Waals surface area contributed by atoms with Gasteiger partial charge in [-0.2, -0.15) is 5.10 Å². The lowest BCUT2D eigenvalue weighted by Crippen LogP contribution is -1.83. The average molecular weight is 224 g/mol.